The Morgan fingerprint density at radius 3 is 2.26 bits per heavy atom. The molecule has 2 bridgehead atoms. The summed E-state index contributed by atoms with van der Waals surface area (Å²) in [5, 5.41) is 18.7. The van der Waals surface area contributed by atoms with Crippen LogP contribution in [0.4, 0.5) is 17.5 Å². The number of carbonyl (C=O) groups excluding carboxylic acids is 2. The van der Waals surface area contributed by atoms with Crippen molar-refractivity contribution in [3.63, 3.8) is 0 Å². The molecule has 12 heteroatoms. The van der Waals surface area contributed by atoms with Crippen molar-refractivity contribution in [2.75, 3.05) is 41.7 Å². The molecule has 3 saturated heterocycles. The normalized spacial score (nSPS) is 21.3. The minimum absolute atomic E-state index is 0.151. The van der Waals surface area contributed by atoms with Crippen LogP contribution >= 0.6 is 0 Å². The number of piperidine rings is 1. The highest BCUT2D eigenvalue weighted by Crippen LogP contribution is 2.38. The molecule has 2 atom stereocenters. The molecule has 2 amide bonds. The molecule has 3 aliphatic heterocycles. The number of aromatic nitrogens is 4. The standard InChI is InChI=1S/C27H31N9O3/c28-24-22(11-21(32-33-24)20-3-1-2-4-23(20)37)35-14-18-5-6-19(15-35)36(18)27-30-12-17(13-31-27)16-7-9-34(10-8-16)26(39)25(29)38/h1-4,11-13,16,18-19,37H,5-10,14-15H2,(H2,28,33)(H2,29,38). The summed E-state index contributed by atoms with van der Waals surface area (Å²) in [7, 11) is 0. The van der Waals surface area contributed by atoms with Gasteiger partial charge in [-0.2, -0.15) is 0 Å². The number of rotatable bonds is 4. The molecule has 6 rings (SSSR count). The van der Waals surface area contributed by atoms with Crippen molar-refractivity contribution < 1.29 is 14.7 Å². The third-order valence-electron chi connectivity index (χ3n) is 8.16. The number of amides is 2. The molecule has 0 saturated carbocycles. The van der Waals surface area contributed by atoms with Gasteiger partial charge in [0.15, 0.2) is 5.82 Å². The Labute approximate surface area is 225 Å². The van der Waals surface area contributed by atoms with E-state index in [4.69, 9.17) is 21.4 Å². The average Bonchev–Trinajstić information content (AvgIpc) is 3.22. The molecule has 5 heterocycles. The summed E-state index contributed by atoms with van der Waals surface area (Å²) in [6, 6.07) is 9.44. The number of hydrogen-bond donors (Lipinski definition) is 3. The van der Waals surface area contributed by atoms with Crippen LogP contribution < -0.4 is 21.3 Å². The Kier molecular flexibility index (Phi) is 6.37. The van der Waals surface area contributed by atoms with Crippen LogP contribution in [0.2, 0.25) is 0 Å². The van der Waals surface area contributed by atoms with Crippen molar-refractivity contribution in [2.24, 2.45) is 5.73 Å². The van der Waals surface area contributed by atoms with Crippen LogP contribution in [0, 0.1) is 0 Å². The third kappa shape index (κ3) is 4.66. The zero-order valence-electron chi connectivity index (χ0n) is 21.5. The van der Waals surface area contributed by atoms with Gasteiger partial charge in [-0.3, -0.25) is 9.59 Å². The van der Waals surface area contributed by atoms with Crippen LogP contribution in [0.15, 0.2) is 42.7 Å². The molecule has 3 aliphatic rings. The average molecular weight is 530 g/mol. The second kappa shape index (κ2) is 10.0. The molecule has 5 N–H and O–H groups in total. The van der Waals surface area contributed by atoms with Gasteiger partial charge in [-0.15, -0.1) is 10.2 Å². The Morgan fingerprint density at radius 2 is 1.62 bits per heavy atom. The number of piperazine rings is 1. The van der Waals surface area contributed by atoms with E-state index in [0.29, 0.717) is 30.2 Å². The van der Waals surface area contributed by atoms with Crippen molar-refractivity contribution in [1.82, 2.24) is 25.1 Å². The van der Waals surface area contributed by atoms with E-state index >= 15 is 0 Å². The molecule has 39 heavy (non-hydrogen) atoms. The Hall–Kier alpha value is -4.48. The van der Waals surface area contributed by atoms with Crippen molar-refractivity contribution in [1.29, 1.82) is 0 Å². The minimum atomic E-state index is -0.908. The van der Waals surface area contributed by atoms with E-state index in [0.717, 1.165) is 56.0 Å². The van der Waals surface area contributed by atoms with Gasteiger partial charge in [0.2, 0.25) is 5.95 Å². The molecular formula is C27H31N9O3. The van der Waals surface area contributed by atoms with Gasteiger partial charge in [-0.05, 0) is 55.4 Å². The van der Waals surface area contributed by atoms with Gasteiger partial charge in [0.25, 0.3) is 0 Å². The predicted octanol–water partition coefficient (Wildman–Crippen LogP) is 1.27. The van der Waals surface area contributed by atoms with E-state index in [9.17, 15) is 14.7 Å². The van der Waals surface area contributed by atoms with Crippen LogP contribution in [0.3, 0.4) is 0 Å². The monoisotopic (exact) mass is 529 g/mol. The number of anilines is 3. The summed E-state index contributed by atoms with van der Waals surface area (Å²) in [4.78, 5) is 38.6. The SMILES string of the molecule is NC(=O)C(=O)N1CCC(c2cnc(N3C4CCC3CN(c3cc(-c5ccccc5O)nnc3N)C4)nc2)CC1. The number of phenols is 1. The van der Waals surface area contributed by atoms with Crippen molar-refractivity contribution in [3.8, 4) is 17.0 Å². The maximum atomic E-state index is 11.8. The first kappa shape index (κ1) is 24.8. The Morgan fingerprint density at radius 1 is 0.949 bits per heavy atom. The molecule has 0 radical (unpaired) electrons. The van der Waals surface area contributed by atoms with Crippen molar-refractivity contribution in [3.05, 3.63) is 48.3 Å². The number of hydrogen-bond acceptors (Lipinski definition) is 10. The molecule has 1 aromatic carbocycles. The molecular weight excluding hydrogens is 498 g/mol. The quantitative estimate of drug-likeness (QED) is 0.419. The molecule has 12 nitrogen and oxygen atoms in total. The predicted molar refractivity (Wildman–Crippen MR) is 145 cm³/mol. The number of nitrogen functional groups attached to an aromatic ring is 1. The zero-order valence-corrected chi connectivity index (χ0v) is 21.5. The van der Waals surface area contributed by atoms with Crippen LogP contribution in [0.1, 0.15) is 37.2 Å². The Bertz CT molecular complexity index is 1380. The number of nitrogens with zero attached hydrogens (tertiary/aromatic N) is 7. The fourth-order valence-electron chi connectivity index (χ4n) is 6.14. The molecule has 0 aliphatic carbocycles. The topological polar surface area (TPSA) is 168 Å². The van der Waals surface area contributed by atoms with E-state index in [-0.39, 0.29) is 23.8 Å². The number of phenolic OH excluding ortho intramolecular Hbond substituents is 1. The minimum Gasteiger partial charge on any atom is -0.507 e. The molecule has 3 fully saturated rings. The number of carbonyl (C=O) groups is 2. The molecule has 0 spiro atoms. The maximum absolute atomic E-state index is 11.8. The van der Waals surface area contributed by atoms with E-state index < -0.39 is 11.8 Å². The largest absolute Gasteiger partial charge is 0.507 e. The van der Waals surface area contributed by atoms with Gasteiger partial charge in [-0.1, -0.05) is 12.1 Å². The van der Waals surface area contributed by atoms with Crippen LogP contribution in [-0.4, -0.2) is 80.2 Å². The number of primary amides is 1. The second-order valence-electron chi connectivity index (χ2n) is 10.5. The summed E-state index contributed by atoms with van der Waals surface area (Å²) in [5.41, 5.74) is 14.5. The van der Waals surface area contributed by atoms with Crippen LogP contribution in [0.25, 0.3) is 11.3 Å². The lowest BCUT2D eigenvalue weighted by Gasteiger charge is -2.42. The zero-order chi connectivity index (χ0) is 27.1. The fourth-order valence-corrected chi connectivity index (χ4v) is 6.14. The molecule has 3 aromatic rings. The summed E-state index contributed by atoms with van der Waals surface area (Å²) < 4.78 is 0. The van der Waals surface area contributed by atoms with Crippen LogP contribution in [-0.2, 0) is 9.59 Å². The van der Waals surface area contributed by atoms with Crippen molar-refractivity contribution in [2.45, 2.75) is 43.7 Å². The van der Waals surface area contributed by atoms with E-state index in [1.165, 1.54) is 4.90 Å². The fraction of sp³-hybridized carbons (Fsp3) is 0.407. The van der Waals surface area contributed by atoms with Gasteiger partial charge >= 0.3 is 11.8 Å². The van der Waals surface area contributed by atoms with E-state index in [1.54, 1.807) is 12.1 Å². The lowest BCUT2D eigenvalue weighted by Crippen LogP contribution is -2.54. The summed E-state index contributed by atoms with van der Waals surface area (Å²) >= 11 is 0. The summed E-state index contributed by atoms with van der Waals surface area (Å²) in [6.07, 6.45) is 7.35. The lowest BCUT2D eigenvalue weighted by atomic mass is 9.91. The highest BCUT2D eigenvalue weighted by atomic mass is 16.3. The number of benzene rings is 1. The van der Waals surface area contributed by atoms with Gasteiger partial charge in [0, 0.05) is 56.2 Å². The first-order valence-electron chi connectivity index (χ1n) is 13.2. The Balaban J connectivity index is 1.14. The highest BCUT2D eigenvalue weighted by Gasteiger charge is 2.42. The maximum Gasteiger partial charge on any atom is 0.311 e. The van der Waals surface area contributed by atoms with Gasteiger partial charge in [-0.25, -0.2) is 9.97 Å². The second-order valence-corrected chi connectivity index (χ2v) is 10.5. The third-order valence-corrected chi connectivity index (χ3v) is 8.16. The summed E-state index contributed by atoms with van der Waals surface area (Å²) in [5.74, 6) is -0.0417. The summed E-state index contributed by atoms with van der Waals surface area (Å²) in [6.45, 7) is 2.51. The smallest absolute Gasteiger partial charge is 0.311 e. The lowest BCUT2D eigenvalue weighted by molar-refractivity contribution is -0.144. The highest BCUT2D eigenvalue weighted by molar-refractivity contribution is 6.34. The first-order valence-corrected chi connectivity index (χ1v) is 13.2. The van der Waals surface area contributed by atoms with Crippen LogP contribution in [0.5, 0.6) is 5.75 Å². The van der Waals surface area contributed by atoms with E-state index in [1.807, 2.05) is 30.6 Å². The van der Waals surface area contributed by atoms with Gasteiger partial charge in [0.1, 0.15) is 5.75 Å². The molecule has 2 unspecified atom stereocenters. The first-order chi connectivity index (χ1) is 18.9. The van der Waals surface area contributed by atoms with Crippen molar-refractivity contribution >= 4 is 29.3 Å². The molecule has 2 aromatic heterocycles. The number of aromatic hydroxyl groups is 1. The number of nitrogens with two attached hydrogens (primary N) is 2. The molecule has 202 valence electrons. The number of likely N-dealkylation sites (tertiary alicyclic amines) is 1. The van der Waals surface area contributed by atoms with Gasteiger partial charge in [0.05, 0.1) is 11.4 Å². The van der Waals surface area contributed by atoms with E-state index in [2.05, 4.69) is 20.0 Å². The van der Waals surface area contributed by atoms with Gasteiger partial charge < -0.3 is 31.3 Å². The number of fused-ring (bicyclic) bond motifs is 2. The number of para-hydroxylation sites is 1.